The maximum Gasteiger partial charge on any atom is 0.137 e. The maximum atomic E-state index is 13.0. The molecule has 1 unspecified atom stereocenters. The molecule has 0 bridgehead atoms. The molecule has 0 saturated carbocycles. The lowest BCUT2D eigenvalue weighted by Gasteiger charge is -2.06. The second-order valence-electron chi connectivity index (χ2n) is 2.55. The van der Waals surface area contributed by atoms with Crippen LogP contribution >= 0.6 is 31.9 Å². The molecule has 0 fully saturated rings. The maximum absolute atomic E-state index is 13.0. The molecule has 0 N–H and O–H groups in total. The van der Waals surface area contributed by atoms with Crippen molar-refractivity contribution in [3.05, 3.63) is 34.1 Å². The van der Waals surface area contributed by atoms with Crippen LogP contribution in [0.15, 0.2) is 22.7 Å². The predicted molar refractivity (Wildman–Crippen MR) is 56.1 cm³/mol. The van der Waals surface area contributed by atoms with Crippen LogP contribution in [0, 0.1) is 5.82 Å². The van der Waals surface area contributed by atoms with E-state index in [4.69, 9.17) is 0 Å². The van der Waals surface area contributed by atoms with Gasteiger partial charge in [0.05, 0.1) is 4.47 Å². The zero-order chi connectivity index (χ0) is 9.14. The third-order valence-electron chi connectivity index (χ3n) is 1.66. The van der Waals surface area contributed by atoms with Crippen LogP contribution in [0.1, 0.15) is 23.7 Å². The van der Waals surface area contributed by atoms with Gasteiger partial charge in [-0.1, -0.05) is 28.9 Å². The zero-order valence-electron chi connectivity index (χ0n) is 6.65. The van der Waals surface area contributed by atoms with Crippen LogP contribution in [0.2, 0.25) is 0 Å². The van der Waals surface area contributed by atoms with Crippen molar-refractivity contribution in [2.45, 2.75) is 18.2 Å². The third kappa shape index (κ3) is 2.30. The van der Waals surface area contributed by atoms with E-state index in [2.05, 4.69) is 38.8 Å². The first-order chi connectivity index (χ1) is 5.65. The van der Waals surface area contributed by atoms with E-state index < -0.39 is 0 Å². The first kappa shape index (κ1) is 10.2. The zero-order valence-corrected chi connectivity index (χ0v) is 9.82. The summed E-state index contributed by atoms with van der Waals surface area (Å²) in [5.74, 6) is -0.203. The quantitative estimate of drug-likeness (QED) is 0.708. The highest BCUT2D eigenvalue weighted by Crippen LogP contribution is 2.28. The molecule has 1 rings (SSSR count). The Balaban J connectivity index is 2.96. The molecule has 1 atom stereocenters. The van der Waals surface area contributed by atoms with Crippen LogP contribution in [0.4, 0.5) is 4.39 Å². The summed E-state index contributed by atoms with van der Waals surface area (Å²) in [5.41, 5.74) is 0.984. The van der Waals surface area contributed by atoms with Gasteiger partial charge in [0, 0.05) is 4.83 Å². The average molecular weight is 296 g/mol. The van der Waals surface area contributed by atoms with Crippen molar-refractivity contribution in [1.29, 1.82) is 0 Å². The SMILES string of the molecule is CCC(Br)c1ccc(Br)c(F)c1. The monoisotopic (exact) mass is 294 g/mol. The Labute approximate surface area is 88.4 Å². The molecule has 0 amide bonds. The number of halogens is 3. The van der Waals surface area contributed by atoms with Gasteiger partial charge in [-0.3, -0.25) is 0 Å². The Bertz CT molecular complexity index is 273. The van der Waals surface area contributed by atoms with Crippen LogP contribution in [0.5, 0.6) is 0 Å². The third-order valence-corrected chi connectivity index (χ3v) is 3.48. The fourth-order valence-electron chi connectivity index (χ4n) is 0.943. The minimum absolute atomic E-state index is 0.203. The van der Waals surface area contributed by atoms with Crippen LogP contribution < -0.4 is 0 Å². The fourth-order valence-corrected chi connectivity index (χ4v) is 1.47. The molecular weight excluding hydrogens is 287 g/mol. The molecule has 0 spiro atoms. The van der Waals surface area contributed by atoms with Gasteiger partial charge in [-0.25, -0.2) is 4.39 Å². The molecule has 0 radical (unpaired) electrons. The Morgan fingerprint density at radius 3 is 2.67 bits per heavy atom. The number of hydrogen-bond donors (Lipinski definition) is 0. The smallest absolute Gasteiger partial charge is 0.137 e. The van der Waals surface area contributed by atoms with Gasteiger partial charge < -0.3 is 0 Å². The Morgan fingerprint density at radius 2 is 2.17 bits per heavy atom. The number of benzene rings is 1. The van der Waals surface area contributed by atoms with E-state index in [1.165, 1.54) is 0 Å². The molecule has 0 saturated heterocycles. The van der Waals surface area contributed by atoms with Crippen molar-refractivity contribution in [2.24, 2.45) is 0 Å². The highest BCUT2D eigenvalue weighted by Gasteiger charge is 2.06. The largest absolute Gasteiger partial charge is 0.206 e. The highest BCUT2D eigenvalue weighted by molar-refractivity contribution is 9.10. The highest BCUT2D eigenvalue weighted by atomic mass is 79.9. The molecule has 0 aromatic heterocycles. The van der Waals surface area contributed by atoms with Crippen LogP contribution in [0.3, 0.4) is 0 Å². The van der Waals surface area contributed by atoms with E-state index in [0.29, 0.717) is 4.47 Å². The molecule has 0 nitrogen and oxygen atoms in total. The lowest BCUT2D eigenvalue weighted by Crippen LogP contribution is -1.89. The normalized spacial score (nSPS) is 13.0. The molecule has 0 aliphatic rings. The van der Waals surface area contributed by atoms with Crippen molar-refractivity contribution < 1.29 is 4.39 Å². The van der Waals surface area contributed by atoms with Crippen LogP contribution in [-0.2, 0) is 0 Å². The van der Waals surface area contributed by atoms with Crippen LogP contribution in [-0.4, -0.2) is 0 Å². The first-order valence-corrected chi connectivity index (χ1v) is 5.45. The molecule has 12 heavy (non-hydrogen) atoms. The number of hydrogen-bond acceptors (Lipinski definition) is 0. The lowest BCUT2D eigenvalue weighted by molar-refractivity contribution is 0.618. The minimum atomic E-state index is -0.203. The van der Waals surface area contributed by atoms with E-state index in [9.17, 15) is 4.39 Å². The molecule has 66 valence electrons. The lowest BCUT2D eigenvalue weighted by atomic mass is 10.1. The molecule has 1 aromatic rings. The standard InChI is InChI=1S/C9H9Br2F/c1-2-7(10)6-3-4-8(11)9(12)5-6/h3-5,7H,2H2,1H3. The summed E-state index contributed by atoms with van der Waals surface area (Å²) < 4.78 is 13.5. The second kappa shape index (κ2) is 4.38. The molecular formula is C9H9Br2F. The first-order valence-electron chi connectivity index (χ1n) is 3.74. The summed E-state index contributed by atoms with van der Waals surface area (Å²) in [4.78, 5) is 0.250. The Kier molecular flexibility index (Phi) is 3.72. The topological polar surface area (TPSA) is 0 Å². The second-order valence-corrected chi connectivity index (χ2v) is 4.51. The van der Waals surface area contributed by atoms with E-state index >= 15 is 0 Å². The van der Waals surface area contributed by atoms with Gasteiger partial charge in [0.25, 0.3) is 0 Å². The summed E-state index contributed by atoms with van der Waals surface area (Å²) in [7, 11) is 0. The average Bonchev–Trinajstić information content (AvgIpc) is 2.08. The van der Waals surface area contributed by atoms with Crippen molar-refractivity contribution >= 4 is 31.9 Å². The van der Waals surface area contributed by atoms with Crippen molar-refractivity contribution in [3.63, 3.8) is 0 Å². The molecule has 1 aromatic carbocycles. The van der Waals surface area contributed by atoms with Gasteiger partial charge in [0.15, 0.2) is 0 Å². The summed E-state index contributed by atoms with van der Waals surface area (Å²) in [5, 5.41) is 0. The van der Waals surface area contributed by atoms with E-state index in [-0.39, 0.29) is 10.6 Å². The van der Waals surface area contributed by atoms with Gasteiger partial charge >= 0.3 is 0 Å². The van der Waals surface area contributed by atoms with Gasteiger partial charge in [-0.2, -0.15) is 0 Å². The molecule has 0 aliphatic heterocycles. The van der Waals surface area contributed by atoms with Gasteiger partial charge in [-0.05, 0) is 40.0 Å². The van der Waals surface area contributed by atoms with Gasteiger partial charge in [0.2, 0.25) is 0 Å². The summed E-state index contributed by atoms with van der Waals surface area (Å²) >= 11 is 6.57. The van der Waals surface area contributed by atoms with Crippen molar-refractivity contribution in [1.82, 2.24) is 0 Å². The minimum Gasteiger partial charge on any atom is -0.206 e. The van der Waals surface area contributed by atoms with E-state index in [0.717, 1.165) is 12.0 Å². The van der Waals surface area contributed by atoms with Gasteiger partial charge in [-0.15, -0.1) is 0 Å². The van der Waals surface area contributed by atoms with E-state index in [1.807, 2.05) is 6.07 Å². The summed E-state index contributed by atoms with van der Waals surface area (Å²) in [6.45, 7) is 2.05. The van der Waals surface area contributed by atoms with Crippen molar-refractivity contribution in [2.75, 3.05) is 0 Å². The Morgan fingerprint density at radius 1 is 1.50 bits per heavy atom. The van der Waals surface area contributed by atoms with Gasteiger partial charge in [0.1, 0.15) is 5.82 Å². The fraction of sp³-hybridized carbons (Fsp3) is 0.333. The van der Waals surface area contributed by atoms with E-state index in [1.54, 1.807) is 12.1 Å². The summed E-state index contributed by atoms with van der Waals surface area (Å²) in [6, 6.07) is 5.19. The number of rotatable bonds is 2. The number of alkyl halides is 1. The Hall–Kier alpha value is 0.110. The van der Waals surface area contributed by atoms with Crippen LogP contribution in [0.25, 0.3) is 0 Å². The molecule has 0 heterocycles. The van der Waals surface area contributed by atoms with Crippen molar-refractivity contribution in [3.8, 4) is 0 Å². The predicted octanol–water partition coefficient (Wildman–Crippen LogP) is 4.43. The summed E-state index contributed by atoms with van der Waals surface area (Å²) in [6.07, 6.45) is 0.959. The molecule has 3 heteroatoms. The molecule has 0 aliphatic carbocycles.